The molecule has 0 radical (unpaired) electrons. The number of rotatable bonds is 4. The van der Waals surface area contributed by atoms with Gasteiger partial charge in [0.2, 0.25) is 0 Å². The van der Waals surface area contributed by atoms with Crippen molar-refractivity contribution in [2.24, 2.45) is 7.05 Å². The molecule has 0 bridgehead atoms. The van der Waals surface area contributed by atoms with E-state index in [0.29, 0.717) is 17.9 Å². The van der Waals surface area contributed by atoms with Crippen LogP contribution in [0, 0.1) is 12.7 Å². The molecule has 0 saturated carbocycles. The maximum Gasteiger partial charge on any atom is 0.151 e. The number of benzene rings is 2. The molecule has 0 spiro atoms. The summed E-state index contributed by atoms with van der Waals surface area (Å²) in [5.74, 6) is 0.360. The van der Waals surface area contributed by atoms with Crippen molar-refractivity contribution in [3.05, 3.63) is 48.0 Å². The van der Waals surface area contributed by atoms with Crippen LogP contribution in [0.25, 0.3) is 32.6 Å². The summed E-state index contributed by atoms with van der Waals surface area (Å²) < 4.78 is 23.0. The van der Waals surface area contributed by atoms with Crippen LogP contribution in [-0.2, 0) is 7.05 Å². The molecule has 0 amide bonds. The molecule has 4 aromatic rings. The Balaban J connectivity index is 1.55. The maximum atomic E-state index is 15.1. The van der Waals surface area contributed by atoms with E-state index >= 15 is 4.39 Å². The Morgan fingerprint density at radius 2 is 1.83 bits per heavy atom. The predicted octanol–water partition coefficient (Wildman–Crippen LogP) is 5.19. The van der Waals surface area contributed by atoms with Gasteiger partial charge in [0.05, 0.1) is 11.0 Å². The van der Waals surface area contributed by atoms with E-state index in [0.717, 1.165) is 52.3 Å². The number of likely N-dealkylation sites (tertiary alicyclic amines) is 1. The number of piperidine rings is 1. The van der Waals surface area contributed by atoms with Crippen LogP contribution in [0.1, 0.15) is 24.8 Å². The summed E-state index contributed by atoms with van der Waals surface area (Å²) in [5, 5.41) is 4.16. The van der Waals surface area contributed by atoms with Gasteiger partial charge in [0.15, 0.2) is 5.82 Å². The molecule has 2 aromatic heterocycles. The molecular formula is C24H26FN3O. The highest BCUT2D eigenvalue weighted by molar-refractivity contribution is 6.14. The zero-order chi connectivity index (χ0) is 20.0. The Morgan fingerprint density at radius 3 is 2.66 bits per heavy atom. The quantitative estimate of drug-likeness (QED) is 0.479. The smallest absolute Gasteiger partial charge is 0.151 e. The number of hydrogen-bond acceptors (Lipinski definition) is 3. The van der Waals surface area contributed by atoms with E-state index in [1.807, 2.05) is 29.9 Å². The minimum Gasteiger partial charge on any atom is -0.492 e. The number of aromatic nitrogens is 2. The number of pyridine rings is 1. The van der Waals surface area contributed by atoms with Crippen molar-refractivity contribution in [3.8, 4) is 5.75 Å². The molecule has 0 aliphatic carbocycles. The molecule has 1 aliphatic heterocycles. The van der Waals surface area contributed by atoms with Crippen molar-refractivity contribution >= 4 is 32.6 Å². The van der Waals surface area contributed by atoms with Gasteiger partial charge in [0.1, 0.15) is 12.4 Å². The van der Waals surface area contributed by atoms with Gasteiger partial charge < -0.3 is 9.30 Å². The fourth-order valence-electron chi connectivity index (χ4n) is 4.85. The molecule has 1 saturated heterocycles. The average Bonchev–Trinajstić information content (AvgIpc) is 3.01. The van der Waals surface area contributed by atoms with Gasteiger partial charge in [-0.3, -0.25) is 9.88 Å². The van der Waals surface area contributed by atoms with Gasteiger partial charge in [-0.2, -0.15) is 0 Å². The minimum absolute atomic E-state index is 0.240. The number of ether oxygens (including phenoxy) is 1. The van der Waals surface area contributed by atoms with Gasteiger partial charge in [-0.25, -0.2) is 4.39 Å². The summed E-state index contributed by atoms with van der Waals surface area (Å²) in [5.41, 5.74) is 2.82. The lowest BCUT2D eigenvalue weighted by molar-refractivity contribution is 0.183. The van der Waals surface area contributed by atoms with Crippen molar-refractivity contribution < 1.29 is 9.13 Å². The lowest BCUT2D eigenvalue weighted by Crippen LogP contribution is -2.33. The molecule has 0 atom stereocenters. The van der Waals surface area contributed by atoms with Crippen LogP contribution >= 0.6 is 0 Å². The molecule has 2 aromatic carbocycles. The molecular weight excluding hydrogens is 365 g/mol. The van der Waals surface area contributed by atoms with Crippen LogP contribution in [0.4, 0.5) is 4.39 Å². The van der Waals surface area contributed by atoms with Gasteiger partial charge in [0, 0.05) is 48.2 Å². The molecule has 29 heavy (non-hydrogen) atoms. The van der Waals surface area contributed by atoms with Crippen molar-refractivity contribution in [3.63, 3.8) is 0 Å². The molecule has 4 nitrogen and oxygen atoms in total. The van der Waals surface area contributed by atoms with Gasteiger partial charge in [-0.15, -0.1) is 0 Å². The van der Waals surface area contributed by atoms with E-state index in [1.54, 1.807) is 6.20 Å². The number of hydrogen-bond donors (Lipinski definition) is 0. The number of nitrogens with zero attached hydrogens (tertiary/aromatic N) is 3. The molecule has 0 unspecified atom stereocenters. The summed E-state index contributed by atoms with van der Waals surface area (Å²) in [6, 6.07) is 7.64. The molecule has 5 heteroatoms. The first-order chi connectivity index (χ1) is 14.1. The summed E-state index contributed by atoms with van der Waals surface area (Å²) in [7, 11) is 1.94. The zero-order valence-corrected chi connectivity index (χ0v) is 17.0. The lowest BCUT2D eigenvalue weighted by Gasteiger charge is -2.26. The third-order valence-corrected chi connectivity index (χ3v) is 6.29. The molecule has 1 fully saturated rings. The molecule has 5 rings (SSSR count). The van der Waals surface area contributed by atoms with E-state index in [1.165, 1.54) is 25.3 Å². The Bertz CT molecular complexity index is 1210. The summed E-state index contributed by atoms with van der Waals surface area (Å²) in [6.07, 6.45) is 7.52. The summed E-state index contributed by atoms with van der Waals surface area (Å²) >= 11 is 0. The zero-order valence-electron chi connectivity index (χ0n) is 17.0. The highest BCUT2D eigenvalue weighted by Gasteiger charge is 2.18. The van der Waals surface area contributed by atoms with Crippen LogP contribution in [0.2, 0.25) is 0 Å². The van der Waals surface area contributed by atoms with Crippen molar-refractivity contribution in [1.29, 1.82) is 0 Å². The second-order valence-corrected chi connectivity index (χ2v) is 8.11. The van der Waals surface area contributed by atoms with Gasteiger partial charge >= 0.3 is 0 Å². The second kappa shape index (κ2) is 7.30. The standard InChI is InChI=1S/C24H26FN3O/c1-16-19-6-7-26-15-17(19)12-20-21-13-18(14-22(25)24(21)27(2)23(16)20)29-11-10-28-8-4-3-5-9-28/h6-7,12-15H,3-5,8-11H2,1-2H3. The molecule has 150 valence electrons. The maximum absolute atomic E-state index is 15.1. The molecule has 3 heterocycles. The Kier molecular flexibility index (Phi) is 4.63. The second-order valence-electron chi connectivity index (χ2n) is 8.11. The lowest BCUT2D eigenvalue weighted by atomic mass is 10.0. The monoisotopic (exact) mass is 391 g/mol. The van der Waals surface area contributed by atoms with Crippen LogP contribution in [-0.4, -0.2) is 40.7 Å². The first-order valence-corrected chi connectivity index (χ1v) is 10.4. The van der Waals surface area contributed by atoms with Gasteiger partial charge in [-0.1, -0.05) is 6.42 Å². The first kappa shape index (κ1) is 18.4. The fraction of sp³-hybridized carbons (Fsp3) is 0.375. The Labute approximate surface area is 169 Å². The van der Waals surface area contributed by atoms with Crippen molar-refractivity contribution in [2.45, 2.75) is 26.2 Å². The topological polar surface area (TPSA) is 30.3 Å². The van der Waals surface area contributed by atoms with Gasteiger partial charge in [0.25, 0.3) is 0 Å². The highest BCUT2D eigenvalue weighted by atomic mass is 19.1. The van der Waals surface area contributed by atoms with Crippen LogP contribution in [0.5, 0.6) is 5.75 Å². The van der Waals surface area contributed by atoms with E-state index in [4.69, 9.17) is 4.74 Å². The Morgan fingerprint density at radius 1 is 1.03 bits per heavy atom. The summed E-state index contributed by atoms with van der Waals surface area (Å²) in [4.78, 5) is 6.69. The SMILES string of the molecule is Cc1c2ccncc2cc2c3cc(OCCN4CCCCC4)cc(F)c3n(C)c12. The van der Waals surface area contributed by atoms with Gasteiger partial charge in [-0.05, 0) is 62.0 Å². The molecule has 0 N–H and O–H groups in total. The third-order valence-electron chi connectivity index (χ3n) is 6.29. The Hall–Kier alpha value is -2.66. The predicted molar refractivity (Wildman–Crippen MR) is 116 cm³/mol. The van der Waals surface area contributed by atoms with Crippen molar-refractivity contribution in [1.82, 2.24) is 14.5 Å². The number of aryl methyl sites for hydroxylation is 2. The van der Waals surface area contributed by atoms with E-state index in [-0.39, 0.29) is 5.82 Å². The van der Waals surface area contributed by atoms with Crippen LogP contribution in [0.15, 0.2) is 36.7 Å². The first-order valence-electron chi connectivity index (χ1n) is 10.4. The summed E-state index contributed by atoms with van der Waals surface area (Å²) in [6.45, 7) is 5.85. The van der Waals surface area contributed by atoms with E-state index in [9.17, 15) is 0 Å². The normalized spacial score (nSPS) is 15.6. The molecule has 1 aliphatic rings. The third kappa shape index (κ3) is 3.14. The average molecular weight is 391 g/mol. The number of fused-ring (bicyclic) bond motifs is 4. The number of halogens is 1. The fourth-order valence-corrected chi connectivity index (χ4v) is 4.85. The minimum atomic E-state index is -0.240. The largest absolute Gasteiger partial charge is 0.492 e. The van der Waals surface area contributed by atoms with Crippen LogP contribution < -0.4 is 4.74 Å². The van der Waals surface area contributed by atoms with E-state index < -0.39 is 0 Å². The van der Waals surface area contributed by atoms with Crippen molar-refractivity contribution in [2.75, 3.05) is 26.2 Å². The van der Waals surface area contributed by atoms with Crippen LogP contribution in [0.3, 0.4) is 0 Å². The highest BCUT2D eigenvalue weighted by Crippen LogP contribution is 2.37. The van der Waals surface area contributed by atoms with E-state index in [2.05, 4.69) is 22.9 Å².